The maximum atomic E-state index is 11.8. The van der Waals surface area contributed by atoms with E-state index in [0.29, 0.717) is 6.54 Å². The van der Waals surface area contributed by atoms with Crippen molar-refractivity contribution in [2.75, 3.05) is 6.54 Å². The first-order valence-electron chi connectivity index (χ1n) is 6.72. The van der Waals surface area contributed by atoms with Gasteiger partial charge in [-0.3, -0.25) is 4.79 Å². The molecule has 1 heterocycles. The average molecular weight is 332 g/mol. The smallest absolute Gasteiger partial charge is 0.237 e. The minimum absolute atomic E-state index is 0.0413. The average Bonchev–Trinajstić information content (AvgIpc) is 2.73. The molecule has 2 rings (SSSR count). The molecular weight excluding hydrogens is 314 g/mol. The normalized spacial score (nSPS) is 19.3. The maximum absolute atomic E-state index is 11.8. The van der Waals surface area contributed by atoms with Gasteiger partial charge >= 0.3 is 0 Å². The van der Waals surface area contributed by atoms with Crippen molar-refractivity contribution >= 4 is 25.6 Å². The third kappa shape index (κ3) is 4.35. The van der Waals surface area contributed by atoms with Crippen LogP contribution in [0.2, 0.25) is 0 Å². The summed E-state index contributed by atoms with van der Waals surface area (Å²) in [4.78, 5) is 13.3. The Bertz CT molecular complexity index is 612. The largest absolute Gasteiger partial charge is 0.491 e. The maximum Gasteiger partial charge on any atom is 0.237 e. The van der Waals surface area contributed by atoms with Gasteiger partial charge in [-0.1, -0.05) is 12.1 Å². The van der Waals surface area contributed by atoms with Crippen LogP contribution in [-0.4, -0.2) is 37.1 Å². The number of nitrogens with zero attached hydrogens (tertiary/aromatic N) is 1. The molecule has 1 aliphatic rings. The van der Waals surface area contributed by atoms with Crippen molar-refractivity contribution in [1.29, 1.82) is 0 Å². The Balaban J connectivity index is 2.00. The summed E-state index contributed by atoms with van der Waals surface area (Å²) in [6.45, 7) is 4.42. The Morgan fingerprint density at radius 3 is 2.43 bits per heavy atom. The zero-order valence-corrected chi connectivity index (χ0v) is 13.5. The zero-order chi connectivity index (χ0) is 15.6. The molecule has 0 saturated carbocycles. The summed E-state index contributed by atoms with van der Waals surface area (Å²) >= 11 is 0. The molecule has 116 valence electrons. The monoisotopic (exact) mass is 331 g/mol. The van der Waals surface area contributed by atoms with Gasteiger partial charge in [0.25, 0.3) is 0 Å². The van der Waals surface area contributed by atoms with Crippen LogP contribution in [-0.2, 0) is 20.4 Å². The lowest BCUT2D eigenvalue weighted by Crippen LogP contribution is -2.26. The Labute approximate surface area is 129 Å². The van der Waals surface area contributed by atoms with E-state index in [2.05, 4.69) is 0 Å². The molecule has 0 bridgehead atoms. The minimum Gasteiger partial charge on any atom is -0.491 e. The summed E-state index contributed by atoms with van der Waals surface area (Å²) in [7, 11) is 1.63. The number of rotatable bonds is 5. The van der Waals surface area contributed by atoms with E-state index in [9.17, 15) is 13.2 Å². The van der Waals surface area contributed by atoms with Crippen LogP contribution in [0.3, 0.4) is 0 Å². The number of halogens is 1. The summed E-state index contributed by atoms with van der Waals surface area (Å²) in [5.41, 5.74) is 0.923. The lowest BCUT2D eigenvalue weighted by atomic mass is 10.2. The molecule has 1 aliphatic heterocycles. The zero-order valence-electron chi connectivity index (χ0n) is 12.0. The highest BCUT2D eigenvalue weighted by Crippen LogP contribution is 2.23. The summed E-state index contributed by atoms with van der Waals surface area (Å²) in [5.74, 6) is 0.578. The van der Waals surface area contributed by atoms with E-state index in [1.165, 1.54) is 4.90 Å². The summed E-state index contributed by atoms with van der Waals surface area (Å²) in [6.07, 6.45) is 0.0612. The standard InChI is InChI=1S/C14H18ClNO4S/c1-10(2)20-12-5-3-11(4-6-12)8-16-9-13(7-14(16)17)21(15,18)19/h3-6,10,13H,7-9H2,1-2H3. The van der Waals surface area contributed by atoms with Gasteiger partial charge in [0.15, 0.2) is 0 Å². The van der Waals surface area contributed by atoms with E-state index in [4.69, 9.17) is 15.4 Å². The van der Waals surface area contributed by atoms with Gasteiger partial charge in [-0.25, -0.2) is 8.42 Å². The first kappa shape index (κ1) is 16.1. The lowest BCUT2D eigenvalue weighted by molar-refractivity contribution is -0.128. The molecule has 0 aliphatic carbocycles. The molecule has 1 fully saturated rings. The lowest BCUT2D eigenvalue weighted by Gasteiger charge is -2.16. The quantitative estimate of drug-likeness (QED) is 0.775. The Kier molecular flexibility index (Phi) is 4.78. The fourth-order valence-electron chi connectivity index (χ4n) is 2.24. The van der Waals surface area contributed by atoms with Crippen LogP contribution in [0.5, 0.6) is 5.75 Å². The van der Waals surface area contributed by atoms with Crippen molar-refractivity contribution in [3.63, 3.8) is 0 Å². The van der Waals surface area contributed by atoms with Gasteiger partial charge in [0.05, 0.1) is 6.10 Å². The highest BCUT2D eigenvalue weighted by Gasteiger charge is 2.37. The molecule has 0 aromatic heterocycles. The molecule has 0 spiro atoms. The molecule has 21 heavy (non-hydrogen) atoms. The van der Waals surface area contributed by atoms with Crippen molar-refractivity contribution in [2.45, 2.75) is 38.2 Å². The first-order valence-corrected chi connectivity index (χ1v) is 9.10. The molecule has 1 amide bonds. The first-order chi connectivity index (χ1) is 9.75. The topological polar surface area (TPSA) is 63.7 Å². The Morgan fingerprint density at radius 1 is 1.33 bits per heavy atom. The van der Waals surface area contributed by atoms with E-state index in [-0.39, 0.29) is 25.0 Å². The van der Waals surface area contributed by atoms with Crippen LogP contribution in [0.4, 0.5) is 0 Å². The molecule has 7 heteroatoms. The van der Waals surface area contributed by atoms with E-state index in [1.807, 2.05) is 38.1 Å². The molecule has 1 aromatic carbocycles. The molecule has 1 saturated heterocycles. The van der Waals surface area contributed by atoms with Gasteiger partial charge < -0.3 is 9.64 Å². The summed E-state index contributed by atoms with van der Waals surface area (Å²) in [5, 5.41) is -0.810. The third-order valence-corrected chi connectivity index (χ3v) is 5.11. The predicted molar refractivity (Wildman–Crippen MR) is 80.8 cm³/mol. The van der Waals surface area contributed by atoms with Gasteiger partial charge in [0, 0.05) is 30.2 Å². The van der Waals surface area contributed by atoms with E-state index >= 15 is 0 Å². The van der Waals surface area contributed by atoms with Gasteiger partial charge in [0.2, 0.25) is 15.0 Å². The van der Waals surface area contributed by atoms with Crippen molar-refractivity contribution < 1.29 is 17.9 Å². The highest BCUT2D eigenvalue weighted by atomic mass is 35.7. The molecule has 1 unspecified atom stereocenters. The molecule has 0 radical (unpaired) electrons. The van der Waals surface area contributed by atoms with Gasteiger partial charge in [-0.2, -0.15) is 0 Å². The highest BCUT2D eigenvalue weighted by molar-refractivity contribution is 8.14. The van der Waals surface area contributed by atoms with Gasteiger partial charge in [-0.05, 0) is 31.5 Å². The van der Waals surface area contributed by atoms with Crippen LogP contribution in [0.1, 0.15) is 25.8 Å². The third-order valence-electron chi connectivity index (χ3n) is 3.25. The summed E-state index contributed by atoms with van der Waals surface area (Å²) < 4.78 is 28.1. The fourth-order valence-corrected chi connectivity index (χ4v) is 3.30. The van der Waals surface area contributed by atoms with Crippen LogP contribution in [0.25, 0.3) is 0 Å². The van der Waals surface area contributed by atoms with Crippen LogP contribution < -0.4 is 4.74 Å². The Hall–Kier alpha value is -1.27. The number of amides is 1. The number of likely N-dealkylation sites (tertiary alicyclic amines) is 1. The van der Waals surface area contributed by atoms with Crippen molar-refractivity contribution in [2.24, 2.45) is 0 Å². The SMILES string of the molecule is CC(C)Oc1ccc(CN2CC(S(=O)(=O)Cl)CC2=O)cc1. The number of carbonyl (C=O) groups is 1. The van der Waals surface area contributed by atoms with Crippen LogP contribution in [0.15, 0.2) is 24.3 Å². The number of ether oxygens (including phenoxy) is 1. The minimum atomic E-state index is -3.69. The van der Waals surface area contributed by atoms with Crippen molar-refractivity contribution in [3.05, 3.63) is 29.8 Å². The second-order valence-corrected chi connectivity index (χ2v) is 8.29. The number of hydrogen-bond donors (Lipinski definition) is 0. The van der Waals surface area contributed by atoms with Crippen LogP contribution in [0, 0.1) is 0 Å². The van der Waals surface area contributed by atoms with E-state index in [0.717, 1.165) is 11.3 Å². The Morgan fingerprint density at radius 2 is 1.95 bits per heavy atom. The predicted octanol–water partition coefficient (Wildman–Crippen LogP) is 2.14. The van der Waals surface area contributed by atoms with Gasteiger partial charge in [0.1, 0.15) is 11.0 Å². The van der Waals surface area contributed by atoms with E-state index < -0.39 is 14.3 Å². The van der Waals surface area contributed by atoms with Crippen LogP contribution >= 0.6 is 10.7 Å². The number of hydrogen-bond acceptors (Lipinski definition) is 4. The molecular formula is C14H18ClNO4S. The molecule has 1 aromatic rings. The van der Waals surface area contributed by atoms with Gasteiger partial charge in [-0.15, -0.1) is 0 Å². The second kappa shape index (κ2) is 6.23. The van der Waals surface area contributed by atoms with E-state index in [1.54, 1.807) is 0 Å². The summed E-state index contributed by atoms with van der Waals surface area (Å²) in [6, 6.07) is 7.42. The van der Waals surface area contributed by atoms with Crippen molar-refractivity contribution in [1.82, 2.24) is 4.90 Å². The number of carbonyl (C=O) groups excluding carboxylic acids is 1. The fraction of sp³-hybridized carbons (Fsp3) is 0.500. The molecule has 0 N–H and O–H groups in total. The van der Waals surface area contributed by atoms with Crippen molar-refractivity contribution in [3.8, 4) is 5.75 Å². The molecule has 1 atom stereocenters. The number of benzene rings is 1. The second-order valence-electron chi connectivity index (χ2n) is 5.39. The molecule has 5 nitrogen and oxygen atoms in total.